The molecule has 7 N–H and O–H groups in total. The number of amides is 1. The second kappa shape index (κ2) is 21.5. The van der Waals surface area contributed by atoms with Crippen molar-refractivity contribution >= 4 is 45.8 Å². The fraction of sp³-hybridized carbons (Fsp3) is 0.288. The highest BCUT2D eigenvalue weighted by molar-refractivity contribution is 6.08. The molecule has 4 heterocycles. The van der Waals surface area contributed by atoms with Crippen LogP contribution in [0, 0.1) is 23.7 Å². The number of likely N-dealkylation sites (N-methyl/N-ethyl adjacent to an activating group) is 1. The minimum Gasteiger partial charge on any atom is -0.488 e. The van der Waals surface area contributed by atoms with Crippen LogP contribution in [0.5, 0.6) is 5.75 Å². The number of nitrogens with one attached hydrogen (secondary N) is 1. The highest BCUT2D eigenvalue weighted by atomic mass is 16.5. The smallest absolute Gasteiger partial charge is 0.242 e. The van der Waals surface area contributed by atoms with Gasteiger partial charge < -0.3 is 46.4 Å². The second-order valence-corrected chi connectivity index (χ2v) is 16.0. The van der Waals surface area contributed by atoms with Gasteiger partial charge in [-0.2, -0.15) is 0 Å². The number of pyridine rings is 1. The van der Waals surface area contributed by atoms with Crippen LogP contribution in [0.4, 0.5) is 5.95 Å². The number of anilines is 1. The normalized spacial score (nSPS) is 15.3. The number of fused-ring (bicyclic) bond motifs is 3. The Hall–Kier alpha value is -7.77. The number of aromatic nitrogens is 4. The summed E-state index contributed by atoms with van der Waals surface area (Å²) in [5, 5.41) is 4.63. The molecule has 1 saturated heterocycles. The first-order valence-electron chi connectivity index (χ1n) is 22.1. The standard InChI is InChI=1S/C52H56N10O3/c1-4-40-34-60(47(49(54)55)30-44(53)42-21-13-14-24-48(42)65-35-38-18-11-8-12-19-38)33-36(2)61(40)52-58-31-39(32-59-52)20-10-7-5-6-9-17-37-25-26-45-43(29-37)41-22-15-27-57-50(41)62(45)46(23-16-28-63)51(64)56-3/h8,11-15,18-19,21-22,24-32,36,40,46H,4-7,16,23,33-35,53-55H2,1-3H3,(H,56,64)/b44-30-. The van der Waals surface area contributed by atoms with Crippen LogP contribution in [0.25, 0.3) is 27.6 Å². The zero-order valence-electron chi connectivity index (χ0n) is 37.2. The van der Waals surface area contributed by atoms with Gasteiger partial charge in [-0.15, -0.1) is 0 Å². The van der Waals surface area contributed by atoms with Gasteiger partial charge in [0.25, 0.3) is 0 Å². The van der Waals surface area contributed by atoms with Crippen LogP contribution in [0.3, 0.4) is 0 Å². The van der Waals surface area contributed by atoms with Crippen molar-refractivity contribution in [1.29, 1.82) is 0 Å². The van der Waals surface area contributed by atoms with Gasteiger partial charge in [-0.3, -0.25) is 4.79 Å². The average molecular weight is 869 g/mol. The number of unbranched alkanes of at least 4 members (excludes halogenated alkanes) is 2. The Bertz CT molecular complexity index is 2810. The predicted molar refractivity (Wildman–Crippen MR) is 258 cm³/mol. The van der Waals surface area contributed by atoms with Gasteiger partial charge in [0, 0.05) is 97.7 Å². The summed E-state index contributed by atoms with van der Waals surface area (Å²) in [4.78, 5) is 42.7. The number of nitrogens with two attached hydrogens (primary N) is 3. The molecule has 0 aliphatic carbocycles. The van der Waals surface area contributed by atoms with E-state index in [2.05, 4.69) is 57.6 Å². The number of benzene rings is 3. The molecule has 13 heteroatoms. The maximum atomic E-state index is 12.9. The molecular weight excluding hydrogens is 813 g/mol. The van der Waals surface area contributed by atoms with Crippen molar-refractivity contribution in [3.63, 3.8) is 0 Å². The summed E-state index contributed by atoms with van der Waals surface area (Å²) >= 11 is 0. The van der Waals surface area contributed by atoms with Crippen molar-refractivity contribution in [3.05, 3.63) is 143 Å². The van der Waals surface area contributed by atoms with Crippen molar-refractivity contribution in [3.8, 4) is 29.4 Å². The van der Waals surface area contributed by atoms with E-state index in [0.717, 1.165) is 57.7 Å². The number of para-hydroxylation sites is 1. The van der Waals surface area contributed by atoms with Gasteiger partial charge >= 0.3 is 0 Å². The summed E-state index contributed by atoms with van der Waals surface area (Å²) in [5.41, 5.74) is 25.6. The van der Waals surface area contributed by atoms with Crippen molar-refractivity contribution in [2.24, 2.45) is 17.2 Å². The molecule has 332 valence electrons. The van der Waals surface area contributed by atoms with Crippen LogP contribution >= 0.6 is 0 Å². The van der Waals surface area contributed by atoms with Crippen LogP contribution in [0.1, 0.15) is 80.7 Å². The minimum atomic E-state index is -0.563. The van der Waals surface area contributed by atoms with Gasteiger partial charge in [-0.05, 0) is 80.3 Å². The summed E-state index contributed by atoms with van der Waals surface area (Å²) in [7, 11) is 1.60. The van der Waals surface area contributed by atoms with E-state index in [1.54, 1.807) is 25.6 Å². The average Bonchev–Trinajstić information content (AvgIpc) is 3.65. The quantitative estimate of drug-likeness (QED) is 0.0370. The molecule has 7 rings (SSSR count). The number of allylic oxidation sites excluding steroid dienone is 1. The van der Waals surface area contributed by atoms with Crippen molar-refractivity contribution in [2.75, 3.05) is 25.0 Å². The minimum absolute atomic E-state index is 0.0390. The first-order valence-corrected chi connectivity index (χ1v) is 22.1. The van der Waals surface area contributed by atoms with Gasteiger partial charge in [0.1, 0.15) is 36.2 Å². The highest BCUT2D eigenvalue weighted by Gasteiger charge is 2.34. The molecule has 1 aliphatic heterocycles. The third-order valence-corrected chi connectivity index (χ3v) is 11.5. The molecular formula is C52H56N10O3. The maximum absolute atomic E-state index is 12.9. The molecule has 13 nitrogen and oxygen atoms in total. The Morgan fingerprint density at radius 2 is 1.65 bits per heavy atom. The Kier molecular flexibility index (Phi) is 15.0. The zero-order valence-corrected chi connectivity index (χ0v) is 37.2. The molecule has 0 radical (unpaired) electrons. The van der Waals surface area contributed by atoms with E-state index in [0.29, 0.717) is 67.7 Å². The van der Waals surface area contributed by atoms with E-state index < -0.39 is 6.04 Å². The van der Waals surface area contributed by atoms with Crippen LogP contribution in [-0.2, 0) is 16.2 Å². The van der Waals surface area contributed by atoms with Crippen LogP contribution < -0.4 is 32.2 Å². The largest absolute Gasteiger partial charge is 0.488 e. The Labute approximate surface area is 380 Å². The molecule has 1 fully saturated rings. The molecule has 0 bridgehead atoms. The van der Waals surface area contributed by atoms with E-state index in [-0.39, 0.29) is 30.2 Å². The van der Waals surface area contributed by atoms with Crippen molar-refractivity contribution in [1.82, 2.24) is 29.7 Å². The molecule has 65 heavy (non-hydrogen) atoms. The Morgan fingerprint density at radius 3 is 2.37 bits per heavy atom. The zero-order chi connectivity index (χ0) is 45.7. The fourth-order valence-electron chi connectivity index (χ4n) is 8.37. The van der Waals surface area contributed by atoms with E-state index in [4.69, 9.17) is 31.9 Å². The third-order valence-electron chi connectivity index (χ3n) is 11.5. The number of hydrogen-bond acceptors (Lipinski definition) is 11. The van der Waals surface area contributed by atoms with Gasteiger partial charge in [-0.25, -0.2) is 15.0 Å². The molecule has 3 aromatic carbocycles. The topological polar surface area (TPSA) is 184 Å². The van der Waals surface area contributed by atoms with Gasteiger partial charge in [0.05, 0.1) is 16.8 Å². The number of carbonyl (C=O) groups excluding carboxylic acids is 2. The molecule has 1 aliphatic rings. The monoisotopic (exact) mass is 868 g/mol. The lowest BCUT2D eigenvalue weighted by Gasteiger charge is -2.46. The van der Waals surface area contributed by atoms with Gasteiger partial charge in [-0.1, -0.05) is 73.1 Å². The van der Waals surface area contributed by atoms with Crippen LogP contribution in [-0.4, -0.2) is 68.8 Å². The fourth-order valence-corrected chi connectivity index (χ4v) is 8.37. The predicted octanol–water partition coefficient (Wildman–Crippen LogP) is 6.77. The molecule has 0 saturated carbocycles. The lowest BCUT2D eigenvalue weighted by Crippen LogP contribution is -2.58. The van der Waals surface area contributed by atoms with Crippen LogP contribution in [0.15, 0.2) is 121 Å². The Morgan fingerprint density at radius 1 is 0.908 bits per heavy atom. The first kappa shape index (κ1) is 45.3. The molecule has 3 aromatic heterocycles. The summed E-state index contributed by atoms with van der Waals surface area (Å²) in [6.07, 6.45) is 11.6. The van der Waals surface area contributed by atoms with Crippen molar-refractivity contribution < 1.29 is 14.3 Å². The summed E-state index contributed by atoms with van der Waals surface area (Å²) in [5.74, 6) is 14.4. The number of ether oxygens (including phenoxy) is 1. The molecule has 3 unspecified atom stereocenters. The summed E-state index contributed by atoms with van der Waals surface area (Å²) in [6, 6.07) is 27.1. The van der Waals surface area contributed by atoms with E-state index in [1.165, 1.54) is 0 Å². The number of aldehydes is 1. The molecule has 0 spiro atoms. The molecule has 1 amide bonds. The van der Waals surface area contributed by atoms with Crippen LogP contribution in [0.2, 0.25) is 0 Å². The lowest BCUT2D eigenvalue weighted by atomic mass is 10.0. The summed E-state index contributed by atoms with van der Waals surface area (Å²) < 4.78 is 8.12. The number of carbonyl (C=O) groups is 2. The van der Waals surface area contributed by atoms with E-state index in [1.807, 2.05) is 95.6 Å². The number of piperazine rings is 1. The maximum Gasteiger partial charge on any atom is 0.242 e. The first-order chi connectivity index (χ1) is 31.7. The number of rotatable bonds is 15. The lowest BCUT2D eigenvalue weighted by molar-refractivity contribution is -0.124. The second-order valence-electron chi connectivity index (χ2n) is 16.0. The van der Waals surface area contributed by atoms with Gasteiger partial charge in [0.2, 0.25) is 11.9 Å². The number of hydrogen-bond donors (Lipinski definition) is 4. The van der Waals surface area contributed by atoms with E-state index >= 15 is 0 Å². The Balaban J connectivity index is 0.954. The van der Waals surface area contributed by atoms with E-state index in [9.17, 15) is 9.59 Å². The third kappa shape index (κ3) is 10.7. The SMILES string of the molecule is CCC1CN(C(/C=C(\N)c2ccccc2OCc2ccccc2)=C(N)N)CC(C)N1c1ncc(C#CCCCC#Cc2ccc3c(c2)c2cccnc2n3C(CCC=O)C(=O)NC)cn1. The van der Waals surface area contributed by atoms with Crippen molar-refractivity contribution in [2.45, 2.75) is 77.1 Å². The highest BCUT2D eigenvalue weighted by Crippen LogP contribution is 2.33. The number of nitrogens with zero attached hydrogens (tertiary/aromatic N) is 6. The molecule has 3 atom stereocenters. The molecule has 6 aromatic rings. The van der Waals surface area contributed by atoms with Gasteiger partial charge in [0.15, 0.2) is 0 Å². The summed E-state index contributed by atoms with van der Waals surface area (Å²) in [6.45, 7) is 6.00.